The van der Waals surface area contributed by atoms with Gasteiger partial charge in [-0.05, 0) is 44.8 Å². The van der Waals surface area contributed by atoms with Gasteiger partial charge in [-0.25, -0.2) is 5.84 Å². The van der Waals surface area contributed by atoms with Crippen LogP contribution in [0.15, 0.2) is 10.5 Å². The van der Waals surface area contributed by atoms with Gasteiger partial charge in [0.1, 0.15) is 5.76 Å². The number of hydrogen-bond acceptors (Lipinski definition) is 4. The van der Waals surface area contributed by atoms with E-state index in [1.807, 2.05) is 13.0 Å². The molecule has 1 fully saturated rings. The molecule has 0 atom stereocenters. The zero-order valence-electron chi connectivity index (χ0n) is 11.0. The quantitative estimate of drug-likeness (QED) is 0.484. The molecule has 0 radical (unpaired) electrons. The van der Waals surface area contributed by atoms with E-state index < -0.39 is 0 Å². The number of aryl methyl sites for hydroxylation is 1. The number of rotatable bonds is 3. The van der Waals surface area contributed by atoms with Gasteiger partial charge in [-0.1, -0.05) is 6.92 Å². The predicted octanol–water partition coefficient (Wildman–Crippen LogP) is 1.42. The third-order valence-electron chi connectivity index (χ3n) is 3.56. The second-order valence-electron chi connectivity index (χ2n) is 5.16. The Morgan fingerprint density at radius 1 is 1.56 bits per heavy atom. The Morgan fingerprint density at radius 2 is 2.22 bits per heavy atom. The first-order valence-electron chi connectivity index (χ1n) is 6.42. The smallest absolute Gasteiger partial charge is 0.301 e. The molecule has 0 aromatic carbocycles. The van der Waals surface area contributed by atoms with Crippen LogP contribution < -0.4 is 11.3 Å². The van der Waals surface area contributed by atoms with Crippen LogP contribution in [0, 0.1) is 12.8 Å². The monoisotopic (exact) mass is 251 g/mol. The Hall–Kier alpha value is -1.33. The van der Waals surface area contributed by atoms with Gasteiger partial charge < -0.3 is 4.42 Å². The van der Waals surface area contributed by atoms with Crippen LogP contribution in [0.2, 0.25) is 0 Å². The lowest BCUT2D eigenvalue weighted by Gasteiger charge is -2.29. The van der Waals surface area contributed by atoms with E-state index in [1.54, 1.807) is 0 Å². The van der Waals surface area contributed by atoms with Gasteiger partial charge in [0.15, 0.2) is 5.76 Å². The minimum Gasteiger partial charge on any atom is -0.454 e. The fourth-order valence-corrected chi connectivity index (χ4v) is 2.36. The van der Waals surface area contributed by atoms with Crippen molar-refractivity contribution in [3.8, 4) is 0 Å². The van der Waals surface area contributed by atoms with Crippen LogP contribution in [-0.2, 0) is 6.54 Å². The number of nitrogens with one attached hydrogen (secondary N) is 1. The van der Waals surface area contributed by atoms with Crippen LogP contribution in [0.5, 0.6) is 0 Å². The summed E-state index contributed by atoms with van der Waals surface area (Å²) in [6.45, 7) is 7.11. The molecule has 1 saturated heterocycles. The number of nitrogens with zero attached hydrogens (tertiary/aromatic N) is 1. The summed E-state index contributed by atoms with van der Waals surface area (Å²) < 4.78 is 5.56. The molecule has 0 saturated carbocycles. The molecule has 1 aromatic heterocycles. The average molecular weight is 251 g/mol. The molecule has 0 bridgehead atoms. The summed E-state index contributed by atoms with van der Waals surface area (Å²) in [7, 11) is 0. The maximum absolute atomic E-state index is 11.4. The summed E-state index contributed by atoms with van der Waals surface area (Å²) in [5, 5.41) is 0. The normalized spacial score (nSPS) is 17.9. The summed E-state index contributed by atoms with van der Waals surface area (Å²) in [5.41, 5.74) is 2.93. The molecular weight excluding hydrogens is 230 g/mol. The Labute approximate surface area is 107 Å². The standard InChI is InChI=1S/C13H21N3O2/c1-9-3-5-16(6-4-9)8-11-7-10(2)12(18-11)13(17)15-14/h7,9H,3-6,8,14H2,1-2H3,(H,15,17). The van der Waals surface area contributed by atoms with Gasteiger partial charge in [-0.3, -0.25) is 15.1 Å². The van der Waals surface area contributed by atoms with Crippen molar-refractivity contribution in [2.75, 3.05) is 13.1 Å². The van der Waals surface area contributed by atoms with Crippen LogP contribution in [0.25, 0.3) is 0 Å². The van der Waals surface area contributed by atoms with Crippen LogP contribution in [0.4, 0.5) is 0 Å². The SMILES string of the molecule is Cc1cc(CN2CCC(C)CC2)oc1C(=O)NN. The zero-order valence-corrected chi connectivity index (χ0v) is 11.0. The van der Waals surface area contributed by atoms with Gasteiger partial charge in [0, 0.05) is 5.56 Å². The van der Waals surface area contributed by atoms with Crippen LogP contribution in [-0.4, -0.2) is 23.9 Å². The van der Waals surface area contributed by atoms with Gasteiger partial charge in [-0.15, -0.1) is 0 Å². The molecule has 1 aliphatic heterocycles. The van der Waals surface area contributed by atoms with Crippen molar-refractivity contribution in [3.63, 3.8) is 0 Å². The minimum atomic E-state index is -0.369. The molecule has 100 valence electrons. The van der Waals surface area contributed by atoms with Gasteiger partial charge in [0.2, 0.25) is 0 Å². The van der Waals surface area contributed by atoms with Crippen molar-refractivity contribution in [1.29, 1.82) is 0 Å². The summed E-state index contributed by atoms with van der Waals surface area (Å²) >= 11 is 0. The van der Waals surface area contributed by atoms with Gasteiger partial charge in [-0.2, -0.15) is 0 Å². The van der Waals surface area contributed by atoms with E-state index in [1.165, 1.54) is 12.8 Å². The number of hydrazine groups is 1. The summed E-state index contributed by atoms with van der Waals surface area (Å²) in [6, 6.07) is 1.92. The molecule has 5 nitrogen and oxygen atoms in total. The molecule has 0 spiro atoms. The molecule has 1 aliphatic rings. The highest BCUT2D eigenvalue weighted by molar-refractivity contribution is 5.92. The second kappa shape index (κ2) is 5.54. The molecule has 2 rings (SSSR count). The molecular formula is C13H21N3O2. The number of amides is 1. The number of likely N-dealkylation sites (tertiary alicyclic amines) is 1. The number of nitrogen functional groups attached to an aromatic ring is 1. The van der Waals surface area contributed by atoms with Crippen molar-refractivity contribution in [1.82, 2.24) is 10.3 Å². The fourth-order valence-electron chi connectivity index (χ4n) is 2.36. The van der Waals surface area contributed by atoms with Crippen molar-refractivity contribution in [3.05, 3.63) is 23.2 Å². The zero-order chi connectivity index (χ0) is 13.1. The van der Waals surface area contributed by atoms with Gasteiger partial charge in [0.05, 0.1) is 6.54 Å². The number of carbonyl (C=O) groups excluding carboxylic acids is 1. The lowest BCUT2D eigenvalue weighted by molar-refractivity contribution is 0.0919. The van der Waals surface area contributed by atoms with Crippen molar-refractivity contribution in [2.45, 2.75) is 33.2 Å². The largest absolute Gasteiger partial charge is 0.454 e. The Morgan fingerprint density at radius 3 is 2.83 bits per heavy atom. The molecule has 0 unspecified atom stereocenters. The number of piperidine rings is 1. The lowest BCUT2D eigenvalue weighted by Crippen LogP contribution is -2.32. The number of hydrogen-bond donors (Lipinski definition) is 2. The van der Waals surface area contributed by atoms with Crippen LogP contribution in [0.3, 0.4) is 0 Å². The molecule has 2 heterocycles. The van der Waals surface area contributed by atoms with Gasteiger partial charge >= 0.3 is 5.91 Å². The minimum absolute atomic E-state index is 0.317. The highest BCUT2D eigenvalue weighted by Crippen LogP contribution is 2.20. The van der Waals surface area contributed by atoms with E-state index in [2.05, 4.69) is 17.2 Å². The highest BCUT2D eigenvalue weighted by atomic mass is 16.4. The first kappa shape index (κ1) is 13.1. The van der Waals surface area contributed by atoms with Crippen molar-refractivity contribution >= 4 is 5.91 Å². The molecule has 1 aromatic rings. The fraction of sp³-hybridized carbons (Fsp3) is 0.615. The number of nitrogens with two attached hydrogens (primary N) is 1. The second-order valence-corrected chi connectivity index (χ2v) is 5.16. The Bertz CT molecular complexity index is 420. The summed E-state index contributed by atoms with van der Waals surface area (Å²) in [4.78, 5) is 13.8. The maximum atomic E-state index is 11.4. The molecule has 0 aliphatic carbocycles. The van der Waals surface area contributed by atoms with Crippen molar-refractivity contribution < 1.29 is 9.21 Å². The summed E-state index contributed by atoms with van der Waals surface area (Å²) in [5.74, 6) is 6.71. The van der Waals surface area contributed by atoms with E-state index in [9.17, 15) is 4.79 Å². The van der Waals surface area contributed by atoms with Crippen LogP contribution in [0.1, 0.15) is 41.6 Å². The third-order valence-corrected chi connectivity index (χ3v) is 3.56. The van der Waals surface area contributed by atoms with E-state index in [0.717, 1.165) is 36.9 Å². The first-order chi connectivity index (χ1) is 8.60. The number of carbonyl (C=O) groups is 1. The molecule has 5 heteroatoms. The van der Waals surface area contributed by atoms with E-state index in [-0.39, 0.29) is 5.91 Å². The van der Waals surface area contributed by atoms with E-state index in [0.29, 0.717) is 5.76 Å². The maximum Gasteiger partial charge on any atom is 0.301 e. The highest BCUT2D eigenvalue weighted by Gasteiger charge is 2.19. The predicted molar refractivity (Wildman–Crippen MR) is 68.8 cm³/mol. The first-order valence-corrected chi connectivity index (χ1v) is 6.42. The lowest BCUT2D eigenvalue weighted by atomic mass is 9.99. The topological polar surface area (TPSA) is 71.5 Å². The Kier molecular flexibility index (Phi) is 4.04. The van der Waals surface area contributed by atoms with Crippen LogP contribution >= 0.6 is 0 Å². The third kappa shape index (κ3) is 2.91. The molecule has 1 amide bonds. The number of furan rings is 1. The molecule has 18 heavy (non-hydrogen) atoms. The molecule has 3 N–H and O–H groups in total. The Balaban J connectivity index is 2.00. The van der Waals surface area contributed by atoms with E-state index in [4.69, 9.17) is 10.3 Å². The summed E-state index contributed by atoms with van der Waals surface area (Å²) in [6.07, 6.45) is 2.46. The average Bonchev–Trinajstić information content (AvgIpc) is 2.72. The van der Waals surface area contributed by atoms with Gasteiger partial charge in [0.25, 0.3) is 0 Å². The van der Waals surface area contributed by atoms with Crippen molar-refractivity contribution in [2.24, 2.45) is 11.8 Å². The van der Waals surface area contributed by atoms with E-state index >= 15 is 0 Å².